The van der Waals surface area contributed by atoms with Crippen molar-refractivity contribution in [3.8, 4) is 0 Å². The van der Waals surface area contributed by atoms with Gasteiger partial charge in [0, 0.05) is 36.3 Å². The van der Waals surface area contributed by atoms with E-state index in [1.807, 2.05) is 0 Å². The van der Waals surface area contributed by atoms with Crippen molar-refractivity contribution in [1.29, 1.82) is 0 Å². The van der Waals surface area contributed by atoms with Crippen molar-refractivity contribution in [3.05, 3.63) is 65.2 Å². The van der Waals surface area contributed by atoms with Gasteiger partial charge in [-0.2, -0.15) is 13.2 Å². The van der Waals surface area contributed by atoms with E-state index in [0.717, 1.165) is 18.5 Å². The van der Waals surface area contributed by atoms with E-state index >= 15 is 0 Å². The lowest BCUT2D eigenvalue weighted by molar-refractivity contribution is -0.128. The summed E-state index contributed by atoms with van der Waals surface area (Å²) < 4.78 is 36.7. The zero-order valence-electron chi connectivity index (χ0n) is 16.0. The number of benzene rings is 2. The molecular formula is C21H20F3N3O3. The topological polar surface area (TPSA) is 78.5 Å². The molecule has 2 N–H and O–H groups in total. The average Bonchev–Trinajstić information content (AvgIpc) is 3.11. The molecule has 0 atom stereocenters. The van der Waals surface area contributed by atoms with Crippen LogP contribution in [0.3, 0.4) is 0 Å². The number of carbonyl (C=O) groups excluding carboxylic acids is 3. The number of hydrogen-bond donors (Lipinski definition) is 2. The van der Waals surface area contributed by atoms with Gasteiger partial charge >= 0.3 is 6.18 Å². The van der Waals surface area contributed by atoms with E-state index < -0.39 is 24.5 Å². The van der Waals surface area contributed by atoms with Crippen LogP contribution in [0, 0.1) is 0 Å². The Bertz CT molecular complexity index is 943. The maximum Gasteiger partial charge on any atom is 0.405 e. The highest BCUT2D eigenvalue weighted by Crippen LogP contribution is 2.17. The molecule has 0 aromatic heterocycles. The highest BCUT2D eigenvalue weighted by atomic mass is 19.4. The molecule has 0 saturated carbocycles. The van der Waals surface area contributed by atoms with Gasteiger partial charge < -0.3 is 15.5 Å². The second-order valence-electron chi connectivity index (χ2n) is 6.95. The SMILES string of the molecule is O=C(NCC(F)(F)F)c1cccc(NC(=O)c2ccc(CN3CCCC3=O)cc2)c1. The average molecular weight is 419 g/mol. The van der Waals surface area contributed by atoms with Gasteiger partial charge in [-0.3, -0.25) is 14.4 Å². The first kappa shape index (κ1) is 21.4. The minimum Gasteiger partial charge on any atom is -0.343 e. The van der Waals surface area contributed by atoms with Gasteiger partial charge in [0.05, 0.1) is 0 Å². The standard InChI is InChI=1S/C21H20F3N3O3/c22-21(23,24)13-25-19(29)16-3-1-4-17(11-16)26-20(30)15-8-6-14(7-9-15)12-27-10-2-5-18(27)28/h1,3-4,6-9,11H,2,5,10,12-13H2,(H,25,29)(H,26,30). The maximum atomic E-state index is 12.4. The third-order valence-corrected chi connectivity index (χ3v) is 4.59. The molecule has 1 fully saturated rings. The molecule has 3 amide bonds. The van der Waals surface area contributed by atoms with Crippen molar-refractivity contribution in [1.82, 2.24) is 10.2 Å². The fourth-order valence-corrected chi connectivity index (χ4v) is 3.08. The van der Waals surface area contributed by atoms with Crippen LogP contribution in [0.15, 0.2) is 48.5 Å². The lowest BCUT2D eigenvalue weighted by atomic mass is 10.1. The Morgan fingerprint density at radius 2 is 1.73 bits per heavy atom. The molecule has 0 radical (unpaired) electrons. The quantitative estimate of drug-likeness (QED) is 0.754. The third kappa shape index (κ3) is 5.82. The highest BCUT2D eigenvalue weighted by Gasteiger charge is 2.28. The van der Waals surface area contributed by atoms with Crippen LogP contribution in [0.2, 0.25) is 0 Å². The number of carbonyl (C=O) groups is 3. The zero-order chi connectivity index (χ0) is 21.7. The largest absolute Gasteiger partial charge is 0.405 e. The molecule has 3 rings (SSSR count). The van der Waals surface area contributed by atoms with Crippen molar-refractivity contribution in [2.24, 2.45) is 0 Å². The molecule has 0 aliphatic carbocycles. The molecule has 6 nitrogen and oxygen atoms in total. The first-order chi connectivity index (χ1) is 14.2. The normalized spacial score (nSPS) is 14.0. The number of anilines is 1. The molecule has 0 unspecified atom stereocenters. The Hall–Kier alpha value is -3.36. The number of halogens is 3. The summed E-state index contributed by atoms with van der Waals surface area (Å²) in [5, 5.41) is 4.41. The van der Waals surface area contributed by atoms with Gasteiger partial charge in [0.25, 0.3) is 11.8 Å². The molecular weight excluding hydrogens is 399 g/mol. The molecule has 2 aromatic carbocycles. The number of nitrogens with zero attached hydrogens (tertiary/aromatic N) is 1. The monoisotopic (exact) mass is 419 g/mol. The Morgan fingerprint density at radius 1 is 1.00 bits per heavy atom. The van der Waals surface area contributed by atoms with Gasteiger partial charge in [-0.25, -0.2) is 0 Å². The van der Waals surface area contributed by atoms with Crippen molar-refractivity contribution in [2.75, 3.05) is 18.4 Å². The molecule has 9 heteroatoms. The lowest BCUT2D eigenvalue weighted by Crippen LogP contribution is -2.33. The van der Waals surface area contributed by atoms with Crippen molar-refractivity contribution in [3.63, 3.8) is 0 Å². The van der Waals surface area contributed by atoms with Gasteiger partial charge in [0.15, 0.2) is 0 Å². The van der Waals surface area contributed by atoms with Crippen LogP contribution in [-0.2, 0) is 11.3 Å². The van der Waals surface area contributed by atoms with Crippen LogP contribution in [0.25, 0.3) is 0 Å². The summed E-state index contributed by atoms with van der Waals surface area (Å²) in [6.45, 7) is -0.207. The Kier molecular flexibility index (Phi) is 6.39. The third-order valence-electron chi connectivity index (χ3n) is 4.59. The summed E-state index contributed by atoms with van der Waals surface area (Å²) in [4.78, 5) is 37.8. The number of amides is 3. The van der Waals surface area contributed by atoms with Crippen LogP contribution >= 0.6 is 0 Å². The van der Waals surface area contributed by atoms with Crippen LogP contribution in [0.5, 0.6) is 0 Å². The molecule has 1 saturated heterocycles. The maximum absolute atomic E-state index is 12.4. The van der Waals surface area contributed by atoms with E-state index in [9.17, 15) is 27.6 Å². The minimum atomic E-state index is -4.50. The van der Waals surface area contributed by atoms with E-state index in [4.69, 9.17) is 0 Å². The molecule has 1 heterocycles. The summed E-state index contributed by atoms with van der Waals surface area (Å²) in [6.07, 6.45) is -3.09. The Labute approximate surface area is 171 Å². The number of alkyl halides is 3. The van der Waals surface area contributed by atoms with Gasteiger partial charge in [-0.1, -0.05) is 18.2 Å². The van der Waals surface area contributed by atoms with Crippen molar-refractivity contribution < 1.29 is 27.6 Å². The summed E-state index contributed by atoms with van der Waals surface area (Å²) >= 11 is 0. The molecule has 1 aliphatic heterocycles. The fourth-order valence-electron chi connectivity index (χ4n) is 3.08. The highest BCUT2D eigenvalue weighted by molar-refractivity contribution is 6.05. The van der Waals surface area contributed by atoms with E-state index in [2.05, 4.69) is 5.32 Å². The number of hydrogen-bond acceptors (Lipinski definition) is 3. The number of likely N-dealkylation sites (tertiary alicyclic amines) is 1. The van der Waals surface area contributed by atoms with Gasteiger partial charge in [-0.15, -0.1) is 0 Å². The molecule has 0 spiro atoms. The Balaban J connectivity index is 1.60. The fraction of sp³-hybridized carbons (Fsp3) is 0.286. The smallest absolute Gasteiger partial charge is 0.343 e. The lowest BCUT2D eigenvalue weighted by Gasteiger charge is -2.15. The van der Waals surface area contributed by atoms with Crippen molar-refractivity contribution in [2.45, 2.75) is 25.6 Å². The number of rotatable bonds is 6. The molecule has 1 aliphatic rings. The molecule has 30 heavy (non-hydrogen) atoms. The second-order valence-corrected chi connectivity index (χ2v) is 6.95. The van der Waals surface area contributed by atoms with Crippen LogP contribution in [0.4, 0.5) is 18.9 Å². The van der Waals surface area contributed by atoms with E-state index in [-0.39, 0.29) is 17.2 Å². The van der Waals surface area contributed by atoms with Crippen LogP contribution in [-0.4, -0.2) is 41.9 Å². The van der Waals surface area contributed by atoms with E-state index in [0.29, 0.717) is 18.5 Å². The Morgan fingerprint density at radius 3 is 2.37 bits per heavy atom. The van der Waals surface area contributed by atoms with Crippen LogP contribution in [0.1, 0.15) is 39.1 Å². The summed E-state index contributed by atoms with van der Waals surface area (Å²) in [7, 11) is 0. The van der Waals surface area contributed by atoms with Gasteiger partial charge in [0.1, 0.15) is 6.54 Å². The summed E-state index contributed by atoms with van der Waals surface area (Å²) in [5.74, 6) is -1.19. The zero-order valence-corrected chi connectivity index (χ0v) is 16.0. The van der Waals surface area contributed by atoms with E-state index in [1.165, 1.54) is 24.3 Å². The molecule has 0 bridgehead atoms. The van der Waals surface area contributed by atoms with E-state index in [1.54, 1.807) is 34.5 Å². The summed E-state index contributed by atoms with van der Waals surface area (Å²) in [5.41, 5.74) is 1.57. The van der Waals surface area contributed by atoms with Crippen molar-refractivity contribution >= 4 is 23.4 Å². The first-order valence-electron chi connectivity index (χ1n) is 9.34. The second kappa shape index (κ2) is 8.98. The molecule has 158 valence electrons. The van der Waals surface area contributed by atoms with Crippen LogP contribution < -0.4 is 10.6 Å². The predicted molar refractivity (Wildman–Crippen MR) is 104 cm³/mol. The first-order valence-corrected chi connectivity index (χ1v) is 9.34. The number of nitrogens with one attached hydrogen (secondary N) is 2. The van der Waals surface area contributed by atoms with Gasteiger partial charge in [0.2, 0.25) is 5.91 Å². The predicted octanol–water partition coefficient (Wildman–Crippen LogP) is 3.35. The minimum absolute atomic E-state index is 0.00248. The van der Waals surface area contributed by atoms with Gasteiger partial charge in [-0.05, 0) is 42.3 Å². The molecule has 2 aromatic rings. The summed E-state index contributed by atoms with van der Waals surface area (Å²) in [6, 6.07) is 12.5.